The van der Waals surface area contributed by atoms with E-state index in [1.165, 1.54) is 0 Å². The molecule has 1 fully saturated rings. The van der Waals surface area contributed by atoms with Gasteiger partial charge in [0.25, 0.3) is 0 Å². The van der Waals surface area contributed by atoms with Crippen molar-refractivity contribution in [1.82, 2.24) is 19.9 Å². The normalized spacial score (nSPS) is 16.9. The van der Waals surface area contributed by atoms with E-state index in [0.717, 1.165) is 36.6 Å². The largest absolute Gasteiger partial charge is 0.365 e. The van der Waals surface area contributed by atoms with Gasteiger partial charge in [-0.15, -0.1) is 0 Å². The fraction of sp³-hybridized carbons (Fsp3) is 0.286. The number of carbonyl (C=O) groups excluding carboxylic acids is 1. The number of carbonyl (C=O) groups is 1. The van der Waals surface area contributed by atoms with Gasteiger partial charge in [0.05, 0.1) is 17.9 Å². The number of pyridine rings is 2. The van der Waals surface area contributed by atoms with Crippen LogP contribution in [0.15, 0.2) is 48.9 Å². The lowest BCUT2D eigenvalue weighted by Gasteiger charge is -2.35. The standard InChI is InChI=1S/C21H22N8O/c1-27(2)18-11-14(6-9-23-18)19-24-12-16-20(26-19)29(15-7-10-28(16)13-15)21(30)25-17-5-3-4-8-22-17/h3-6,8-9,11-12,15H,7,10,13H2,1-2H3,(H,22,25,30)/t15-/m0/s1. The van der Waals surface area contributed by atoms with Crippen LogP contribution in [0.1, 0.15) is 6.42 Å². The van der Waals surface area contributed by atoms with Crippen LogP contribution >= 0.6 is 0 Å². The number of rotatable bonds is 3. The van der Waals surface area contributed by atoms with Gasteiger partial charge in [0.2, 0.25) is 0 Å². The molecule has 0 spiro atoms. The summed E-state index contributed by atoms with van der Waals surface area (Å²) in [7, 11) is 3.88. The van der Waals surface area contributed by atoms with Crippen molar-refractivity contribution in [3.8, 4) is 11.4 Å². The molecule has 1 saturated heterocycles. The summed E-state index contributed by atoms with van der Waals surface area (Å²) in [6.07, 6.45) is 6.10. The van der Waals surface area contributed by atoms with E-state index in [1.54, 1.807) is 23.4 Å². The number of urea groups is 1. The van der Waals surface area contributed by atoms with Gasteiger partial charge < -0.3 is 9.80 Å². The average molecular weight is 402 g/mol. The van der Waals surface area contributed by atoms with Crippen LogP contribution in [0.3, 0.4) is 0 Å². The number of anilines is 4. The quantitative estimate of drug-likeness (QED) is 0.720. The Kier molecular flexibility index (Phi) is 4.42. The summed E-state index contributed by atoms with van der Waals surface area (Å²) < 4.78 is 0. The molecule has 0 aliphatic carbocycles. The van der Waals surface area contributed by atoms with Gasteiger partial charge in [0.1, 0.15) is 11.6 Å². The molecule has 2 aliphatic heterocycles. The molecule has 2 amide bonds. The van der Waals surface area contributed by atoms with Crippen LogP contribution in [0.5, 0.6) is 0 Å². The summed E-state index contributed by atoms with van der Waals surface area (Å²) in [5, 5.41) is 2.90. The van der Waals surface area contributed by atoms with Crippen LogP contribution in [-0.4, -0.2) is 59.2 Å². The highest BCUT2D eigenvalue weighted by atomic mass is 16.2. The monoisotopic (exact) mass is 402 g/mol. The van der Waals surface area contributed by atoms with Crippen molar-refractivity contribution >= 4 is 29.2 Å². The molecule has 5 heterocycles. The van der Waals surface area contributed by atoms with Crippen molar-refractivity contribution in [2.75, 3.05) is 47.2 Å². The Bertz CT molecular complexity index is 1090. The highest BCUT2D eigenvalue weighted by molar-refractivity contribution is 6.04. The summed E-state index contributed by atoms with van der Waals surface area (Å²) in [6, 6.07) is 9.10. The Morgan fingerprint density at radius 3 is 2.87 bits per heavy atom. The molecule has 1 N–H and O–H groups in total. The highest BCUT2D eigenvalue weighted by Gasteiger charge is 2.40. The molecule has 5 rings (SSSR count). The Hall–Kier alpha value is -3.75. The smallest absolute Gasteiger partial charge is 0.329 e. The maximum atomic E-state index is 13.2. The molecule has 2 bridgehead atoms. The van der Waals surface area contributed by atoms with E-state index >= 15 is 0 Å². The minimum atomic E-state index is -0.227. The second-order valence-electron chi connectivity index (χ2n) is 7.60. The summed E-state index contributed by atoms with van der Waals surface area (Å²) in [4.78, 5) is 37.1. The minimum Gasteiger partial charge on any atom is -0.365 e. The molecule has 3 aromatic rings. The van der Waals surface area contributed by atoms with Crippen molar-refractivity contribution < 1.29 is 4.79 Å². The number of nitrogens with one attached hydrogen (secondary N) is 1. The summed E-state index contributed by atoms with van der Waals surface area (Å²) in [5.41, 5.74) is 1.74. The SMILES string of the molecule is CN(C)c1cc(-c2ncc3c(n2)N(C(=O)Nc2ccccn2)[C@H]2CCN3C2)ccn1. The Labute approximate surface area is 174 Å². The lowest BCUT2D eigenvalue weighted by molar-refractivity contribution is 0.254. The maximum absolute atomic E-state index is 13.2. The lowest BCUT2D eigenvalue weighted by atomic mass is 10.2. The van der Waals surface area contributed by atoms with E-state index in [1.807, 2.05) is 49.5 Å². The van der Waals surface area contributed by atoms with Crippen LogP contribution in [-0.2, 0) is 0 Å². The molecule has 0 unspecified atom stereocenters. The van der Waals surface area contributed by atoms with E-state index in [4.69, 9.17) is 4.98 Å². The molecular weight excluding hydrogens is 380 g/mol. The maximum Gasteiger partial charge on any atom is 0.329 e. The number of fused-ring (bicyclic) bond motifs is 4. The van der Waals surface area contributed by atoms with Gasteiger partial charge in [-0.25, -0.2) is 24.7 Å². The molecule has 0 radical (unpaired) electrons. The Morgan fingerprint density at radius 1 is 1.17 bits per heavy atom. The molecule has 30 heavy (non-hydrogen) atoms. The van der Waals surface area contributed by atoms with Crippen molar-refractivity contribution in [2.45, 2.75) is 12.5 Å². The van der Waals surface area contributed by atoms with Gasteiger partial charge in [-0.2, -0.15) is 0 Å². The van der Waals surface area contributed by atoms with E-state index in [2.05, 4.69) is 25.2 Å². The fourth-order valence-corrected chi connectivity index (χ4v) is 3.92. The van der Waals surface area contributed by atoms with E-state index < -0.39 is 0 Å². The first-order chi connectivity index (χ1) is 14.6. The van der Waals surface area contributed by atoms with E-state index in [0.29, 0.717) is 17.5 Å². The zero-order valence-corrected chi connectivity index (χ0v) is 16.9. The predicted molar refractivity (Wildman–Crippen MR) is 116 cm³/mol. The minimum absolute atomic E-state index is 0.0683. The van der Waals surface area contributed by atoms with E-state index in [-0.39, 0.29) is 12.1 Å². The molecular formula is C21H22N8O. The van der Waals surface area contributed by atoms with Crippen molar-refractivity contribution in [1.29, 1.82) is 0 Å². The molecule has 3 aromatic heterocycles. The summed E-state index contributed by atoms with van der Waals surface area (Å²) in [6.45, 7) is 1.67. The number of hydrogen-bond donors (Lipinski definition) is 1. The second kappa shape index (κ2) is 7.25. The van der Waals surface area contributed by atoms with Gasteiger partial charge in [0, 0.05) is 45.1 Å². The second-order valence-corrected chi connectivity index (χ2v) is 7.60. The van der Waals surface area contributed by atoms with E-state index in [9.17, 15) is 4.79 Å². The fourth-order valence-electron chi connectivity index (χ4n) is 3.92. The Balaban J connectivity index is 1.53. The number of aromatic nitrogens is 4. The number of hydrogen-bond acceptors (Lipinski definition) is 7. The third kappa shape index (κ3) is 3.18. The highest BCUT2D eigenvalue weighted by Crippen LogP contribution is 2.39. The third-order valence-electron chi connectivity index (χ3n) is 5.43. The molecule has 0 saturated carbocycles. The van der Waals surface area contributed by atoms with Gasteiger partial charge in [-0.3, -0.25) is 10.2 Å². The average Bonchev–Trinajstić information content (AvgIpc) is 3.18. The van der Waals surface area contributed by atoms with Crippen molar-refractivity contribution in [3.63, 3.8) is 0 Å². The summed E-state index contributed by atoms with van der Waals surface area (Å²) in [5.74, 6) is 2.54. The molecule has 0 aromatic carbocycles. The predicted octanol–water partition coefficient (Wildman–Crippen LogP) is 2.63. The van der Waals surface area contributed by atoms with Crippen LogP contribution in [0, 0.1) is 0 Å². The third-order valence-corrected chi connectivity index (χ3v) is 5.43. The molecule has 9 nitrogen and oxygen atoms in total. The first-order valence-electron chi connectivity index (χ1n) is 9.87. The van der Waals surface area contributed by atoms with Crippen LogP contribution in [0.2, 0.25) is 0 Å². The molecule has 2 aliphatic rings. The van der Waals surface area contributed by atoms with Gasteiger partial charge in [-0.1, -0.05) is 6.07 Å². The van der Waals surface area contributed by atoms with Crippen molar-refractivity contribution in [2.24, 2.45) is 0 Å². The number of amides is 2. The zero-order chi connectivity index (χ0) is 20.7. The Morgan fingerprint density at radius 2 is 2.07 bits per heavy atom. The van der Waals surface area contributed by atoms with Crippen LogP contribution in [0.4, 0.5) is 27.9 Å². The van der Waals surface area contributed by atoms with Gasteiger partial charge in [0.15, 0.2) is 11.6 Å². The molecule has 9 heteroatoms. The molecule has 1 atom stereocenters. The first kappa shape index (κ1) is 18.3. The van der Waals surface area contributed by atoms with Crippen LogP contribution in [0.25, 0.3) is 11.4 Å². The zero-order valence-electron chi connectivity index (χ0n) is 16.9. The first-order valence-corrected chi connectivity index (χ1v) is 9.87. The van der Waals surface area contributed by atoms with Crippen molar-refractivity contribution in [3.05, 3.63) is 48.9 Å². The summed E-state index contributed by atoms with van der Waals surface area (Å²) >= 11 is 0. The van der Waals surface area contributed by atoms with Crippen LogP contribution < -0.4 is 20.0 Å². The lowest BCUT2D eigenvalue weighted by Crippen LogP contribution is -2.48. The van der Waals surface area contributed by atoms with Gasteiger partial charge in [-0.05, 0) is 30.7 Å². The topological polar surface area (TPSA) is 90.4 Å². The number of nitrogens with zero attached hydrogens (tertiary/aromatic N) is 7. The molecule has 152 valence electrons. The van der Waals surface area contributed by atoms with Gasteiger partial charge >= 0.3 is 6.03 Å².